The van der Waals surface area contributed by atoms with E-state index in [9.17, 15) is 4.79 Å². The molecule has 3 aromatic rings. The van der Waals surface area contributed by atoms with Crippen molar-refractivity contribution in [3.63, 3.8) is 0 Å². The molecule has 2 aromatic carbocycles. The van der Waals surface area contributed by atoms with Crippen LogP contribution in [0.5, 0.6) is 5.75 Å². The van der Waals surface area contributed by atoms with Gasteiger partial charge in [-0.2, -0.15) is 5.10 Å². The van der Waals surface area contributed by atoms with E-state index in [2.05, 4.69) is 32.1 Å². The minimum absolute atomic E-state index is 0.0587. The summed E-state index contributed by atoms with van der Waals surface area (Å²) >= 11 is 0. The molecule has 3 aliphatic rings. The average Bonchev–Trinajstić information content (AvgIpc) is 2.99. The summed E-state index contributed by atoms with van der Waals surface area (Å²) in [5.41, 5.74) is 2.75. The topological polar surface area (TPSA) is 61.5 Å². The first-order chi connectivity index (χ1) is 14.2. The molecular weight excluding hydrogens is 364 g/mol. The lowest BCUT2D eigenvalue weighted by Gasteiger charge is -2.35. The summed E-state index contributed by atoms with van der Waals surface area (Å²) in [6.45, 7) is 3.68. The van der Waals surface area contributed by atoms with Crippen LogP contribution in [0.3, 0.4) is 0 Å². The van der Waals surface area contributed by atoms with Crippen molar-refractivity contribution in [1.82, 2.24) is 20.0 Å². The number of piperidine rings is 1. The molecule has 1 aromatic heterocycles. The second-order valence-corrected chi connectivity index (χ2v) is 8.21. The first kappa shape index (κ1) is 18.2. The van der Waals surface area contributed by atoms with Gasteiger partial charge < -0.3 is 9.64 Å². The molecule has 6 heteroatoms. The molecule has 2 atom stereocenters. The van der Waals surface area contributed by atoms with Crippen molar-refractivity contribution >= 4 is 16.8 Å². The molecule has 0 aliphatic carbocycles. The van der Waals surface area contributed by atoms with Crippen LogP contribution in [0.4, 0.5) is 0 Å². The van der Waals surface area contributed by atoms with Gasteiger partial charge in [0.15, 0.2) is 5.69 Å². The average molecular weight is 390 g/mol. The number of nitrogens with zero attached hydrogens (tertiary/aromatic N) is 3. The Morgan fingerprint density at radius 3 is 2.76 bits per heavy atom. The Kier molecular flexibility index (Phi) is 4.72. The fraction of sp³-hybridized carbons (Fsp3) is 0.391. The van der Waals surface area contributed by atoms with E-state index in [1.165, 1.54) is 12.0 Å². The van der Waals surface area contributed by atoms with Crippen LogP contribution < -0.4 is 4.74 Å². The summed E-state index contributed by atoms with van der Waals surface area (Å²) in [6, 6.07) is 16.4. The summed E-state index contributed by atoms with van der Waals surface area (Å²) < 4.78 is 5.26. The number of H-pyrrole nitrogens is 1. The molecule has 3 saturated heterocycles. The minimum atomic E-state index is 0.0587. The zero-order valence-corrected chi connectivity index (χ0v) is 16.7. The highest BCUT2D eigenvalue weighted by atomic mass is 16.5. The van der Waals surface area contributed by atoms with Crippen molar-refractivity contribution in [1.29, 1.82) is 0 Å². The molecule has 0 radical (unpaired) electrons. The second kappa shape index (κ2) is 7.52. The number of amides is 1. The number of aromatic amines is 1. The van der Waals surface area contributed by atoms with Crippen LogP contribution in [0.2, 0.25) is 0 Å². The second-order valence-electron chi connectivity index (χ2n) is 8.21. The number of carbonyl (C=O) groups excluding carboxylic acids is 1. The molecule has 2 bridgehead atoms. The SMILES string of the molecule is COc1ccc(CN2C[C@H]3CC[C@@H](C2)N(C(=O)c2n[nH]c4ccccc24)C3)cc1. The first-order valence-electron chi connectivity index (χ1n) is 10.3. The molecule has 0 spiro atoms. The Balaban J connectivity index is 1.34. The standard InChI is InChI=1S/C23H26N4O2/c1-29-19-10-7-16(8-11-19)12-26-13-17-6-9-18(15-26)27(14-17)23(28)22-20-4-2-3-5-21(20)24-25-22/h2-5,7-8,10-11,17-18H,6,9,12-15H2,1H3,(H,24,25)/t17-,18+/m1/s1. The van der Waals surface area contributed by atoms with Crippen molar-refractivity contribution in [2.24, 2.45) is 5.92 Å². The molecular formula is C23H26N4O2. The molecule has 150 valence electrons. The van der Waals surface area contributed by atoms with Gasteiger partial charge in [-0.15, -0.1) is 0 Å². The summed E-state index contributed by atoms with van der Waals surface area (Å²) in [5.74, 6) is 1.46. The van der Waals surface area contributed by atoms with Crippen LogP contribution >= 0.6 is 0 Å². The van der Waals surface area contributed by atoms with E-state index < -0.39 is 0 Å². The molecule has 1 N–H and O–H groups in total. The maximum absolute atomic E-state index is 13.4. The minimum Gasteiger partial charge on any atom is -0.497 e. The Morgan fingerprint density at radius 1 is 1.10 bits per heavy atom. The molecule has 3 aliphatic heterocycles. The van der Waals surface area contributed by atoms with Gasteiger partial charge in [0.1, 0.15) is 5.75 Å². The maximum atomic E-state index is 13.4. The van der Waals surface area contributed by atoms with Crippen molar-refractivity contribution in [3.05, 3.63) is 59.8 Å². The highest BCUT2D eigenvalue weighted by Crippen LogP contribution is 2.31. The van der Waals surface area contributed by atoms with E-state index in [1.54, 1.807) is 7.11 Å². The number of benzene rings is 2. The summed E-state index contributed by atoms with van der Waals surface area (Å²) in [7, 11) is 1.69. The van der Waals surface area contributed by atoms with Crippen molar-refractivity contribution in [2.75, 3.05) is 26.7 Å². The number of hydrogen-bond acceptors (Lipinski definition) is 4. The number of para-hydroxylation sites is 1. The van der Waals surface area contributed by atoms with Crippen LogP contribution in [-0.2, 0) is 6.54 Å². The van der Waals surface area contributed by atoms with Gasteiger partial charge in [0.05, 0.1) is 12.6 Å². The monoisotopic (exact) mass is 390 g/mol. The van der Waals surface area contributed by atoms with Crippen LogP contribution in [0.25, 0.3) is 10.9 Å². The Morgan fingerprint density at radius 2 is 1.93 bits per heavy atom. The number of aromatic nitrogens is 2. The van der Waals surface area contributed by atoms with Crippen LogP contribution in [0.1, 0.15) is 28.9 Å². The summed E-state index contributed by atoms with van der Waals surface area (Å²) in [6.07, 6.45) is 2.26. The van der Waals surface area contributed by atoms with Gasteiger partial charge in [0, 0.05) is 37.6 Å². The molecule has 6 nitrogen and oxygen atoms in total. The van der Waals surface area contributed by atoms with Gasteiger partial charge in [-0.25, -0.2) is 0 Å². The van der Waals surface area contributed by atoms with Crippen LogP contribution in [0, 0.1) is 5.92 Å². The molecule has 1 amide bonds. The molecule has 0 saturated carbocycles. The Labute approximate surface area is 170 Å². The first-order valence-corrected chi connectivity index (χ1v) is 10.3. The van der Waals surface area contributed by atoms with E-state index in [-0.39, 0.29) is 11.9 Å². The fourth-order valence-corrected chi connectivity index (χ4v) is 4.81. The number of methoxy groups -OCH3 is 1. The fourth-order valence-electron chi connectivity index (χ4n) is 4.81. The zero-order valence-electron chi connectivity index (χ0n) is 16.7. The number of carbonyl (C=O) groups is 1. The third kappa shape index (κ3) is 3.49. The van der Waals surface area contributed by atoms with Gasteiger partial charge in [-0.3, -0.25) is 14.8 Å². The Bertz CT molecular complexity index is 1010. The molecule has 29 heavy (non-hydrogen) atoms. The number of nitrogens with one attached hydrogen (secondary N) is 1. The van der Waals surface area contributed by atoms with E-state index >= 15 is 0 Å². The number of hydrogen-bond donors (Lipinski definition) is 1. The normalized spacial score (nSPS) is 22.0. The molecule has 4 heterocycles. The number of ether oxygens (including phenoxy) is 1. The van der Waals surface area contributed by atoms with Gasteiger partial charge >= 0.3 is 0 Å². The molecule has 0 unspecified atom stereocenters. The van der Waals surface area contributed by atoms with Crippen molar-refractivity contribution in [2.45, 2.75) is 25.4 Å². The largest absolute Gasteiger partial charge is 0.497 e. The number of fused-ring (bicyclic) bond motifs is 5. The third-order valence-corrected chi connectivity index (χ3v) is 6.29. The van der Waals surface area contributed by atoms with E-state index in [1.807, 2.05) is 36.4 Å². The van der Waals surface area contributed by atoms with E-state index in [0.29, 0.717) is 11.6 Å². The predicted octanol–water partition coefficient (Wildman–Crippen LogP) is 3.31. The van der Waals surface area contributed by atoms with Crippen molar-refractivity contribution in [3.8, 4) is 5.75 Å². The number of rotatable bonds is 4. The van der Waals surface area contributed by atoms with Gasteiger partial charge in [0.25, 0.3) is 5.91 Å². The predicted molar refractivity (Wildman–Crippen MR) is 112 cm³/mol. The van der Waals surface area contributed by atoms with E-state index in [4.69, 9.17) is 4.74 Å². The smallest absolute Gasteiger partial charge is 0.275 e. The molecule has 3 fully saturated rings. The lowest BCUT2D eigenvalue weighted by atomic mass is 9.94. The highest BCUT2D eigenvalue weighted by molar-refractivity contribution is 6.04. The lowest BCUT2D eigenvalue weighted by molar-refractivity contribution is 0.0581. The maximum Gasteiger partial charge on any atom is 0.275 e. The molecule has 6 rings (SSSR count). The zero-order chi connectivity index (χ0) is 19.8. The van der Waals surface area contributed by atoms with Gasteiger partial charge in [-0.05, 0) is 42.5 Å². The quantitative estimate of drug-likeness (QED) is 0.742. The van der Waals surface area contributed by atoms with Crippen LogP contribution in [0.15, 0.2) is 48.5 Å². The van der Waals surface area contributed by atoms with Crippen LogP contribution in [-0.4, -0.2) is 58.7 Å². The summed E-state index contributed by atoms with van der Waals surface area (Å²) in [5, 5.41) is 8.26. The summed E-state index contributed by atoms with van der Waals surface area (Å²) in [4.78, 5) is 17.9. The van der Waals surface area contributed by atoms with E-state index in [0.717, 1.165) is 49.3 Å². The van der Waals surface area contributed by atoms with Gasteiger partial charge in [-0.1, -0.05) is 30.3 Å². The van der Waals surface area contributed by atoms with Gasteiger partial charge in [0.2, 0.25) is 0 Å². The highest BCUT2D eigenvalue weighted by Gasteiger charge is 2.38. The van der Waals surface area contributed by atoms with Crippen molar-refractivity contribution < 1.29 is 9.53 Å². The lowest BCUT2D eigenvalue weighted by Crippen LogP contribution is -2.47. The Hall–Kier alpha value is -2.86. The third-order valence-electron chi connectivity index (χ3n) is 6.29.